The van der Waals surface area contributed by atoms with E-state index in [4.69, 9.17) is 4.42 Å². The lowest BCUT2D eigenvalue weighted by atomic mass is 10.3. The van der Waals surface area contributed by atoms with Crippen LogP contribution in [0.1, 0.15) is 19.6 Å². The topological polar surface area (TPSA) is 42.2 Å². The van der Waals surface area contributed by atoms with Crippen LogP contribution in [0, 0.1) is 0 Å². The monoisotopic (exact) mass is 287 g/mol. The van der Waals surface area contributed by atoms with Crippen molar-refractivity contribution < 1.29 is 9.21 Å². The number of benzene rings is 1. The Hall–Kier alpha value is -1.94. The van der Waals surface area contributed by atoms with Crippen molar-refractivity contribution in [2.45, 2.75) is 25.3 Å². The highest BCUT2D eigenvalue weighted by Crippen LogP contribution is 2.28. The Morgan fingerprint density at radius 3 is 2.50 bits per heavy atom. The van der Waals surface area contributed by atoms with Gasteiger partial charge in [0.25, 0.3) is 0 Å². The Balaban J connectivity index is 2.09. The van der Waals surface area contributed by atoms with Gasteiger partial charge in [0, 0.05) is 10.6 Å². The van der Waals surface area contributed by atoms with Gasteiger partial charge in [-0.2, -0.15) is 0 Å². The molecule has 1 heterocycles. The molecule has 4 heteroatoms. The van der Waals surface area contributed by atoms with Crippen molar-refractivity contribution in [1.82, 2.24) is 5.32 Å². The first kappa shape index (κ1) is 14.5. The Labute approximate surface area is 123 Å². The number of thioether (sulfide) groups is 1. The second-order valence-corrected chi connectivity index (χ2v) is 5.44. The minimum absolute atomic E-state index is 0.0586. The lowest BCUT2D eigenvalue weighted by Crippen LogP contribution is -2.14. The predicted octanol–water partition coefficient (Wildman–Crippen LogP) is 3.98. The molecule has 1 aromatic carbocycles. The summed E-state index contributed by atoms with van der Waals surface area (Å²) in [5, 5.41) is 3.23. The molecule has 0 amide bonds. The van der Waals surface area contributed by atoms with E-state index >= 15 is 0 Å². The van der Waals surface area contributed by atoms with Crippen molar-refractivity contribution in [2.75, 3.05) is 0 Å². The minimum atomic E-state index is 0.0586. The molecule has 2 aromatic rings. The number of Topliss-reactive ketones (excluding diaryl/α,β-unsaturated/α-hetero) is 1. The van der Waals surface area contributed by atoms with Crippen LogP contribution in [0.2, 0.25) is 0 Å². The van der Waals surface area contributed by atoms with Crippen molar-refractivity contribution in [3.05, 3.63) is 65.1 Å². The zero-order chi connectivity index (χ0) is 14.4. The number of nitrogens with one attached hydrogen (secondary N) is 1. The van der Waals surface area contributed by atoms with Gasteiger partial charge in [-0.1, -0.05) is 30.0 Å². The number of furan rings is 1. The summed E-state index contributed by atoms with van der Waals surface area (Å²) in [6.45, 7) is 4.07. The van der Waals surface area contributed by atoms with Crippen LogP contribution in [-0.2, 0) is 11.3 Å². The van der Waals surface area contributed by atoms with Crippen LogP contribution in [0.25, 0.3) is 0 Å². The molecule has 104 valence electrons. The highest BCUT2D eigenvalue weighted by Gasteiger charge is 2.10. The van der Waals surface area contributed by atoms with Crippen molar-refractivity contribution in [3.8, 4) is 0 Å². The molecule has 0 atom stereocenters. The van der Waals surface area contributed by atoms with E-state index in [1.165, 1.54) is 11.8 Å². The van der Waals surface area contributed by atoms with E-state index in [1.807, 2.05) is 49.4 Å². The number of rotatable bonds is 6. The van der Waals surface area contributed by atoms with E-state index in [0.29, 0.717) is 6.54 Å². The molecule has 3 nitrogen and oxygen atoms in total. The standard InChI is InChI=1S/C16H17NO2S/c1-12(17-11-14-7-6-10-19-14)16(13(2)18)20-15-8-4-3-5-9-15/h3-10,17H,11H2,1-2H3/b16-12+. The highest BCUT2D eigenvalue weighted by molar-refractivity contribution is 8.04. The van der Waals surface area contributed by atoms with E-state index in [2.05, 4.69) is 5.32 Å². The zero-order valence-electron chi connectivity index (χ0n) is 11.6. The SMILES string of the molecule is CC(=O)/C(Sc1ccccc1)=C(/C)NCc1ccco1. The van der Waals surface area contributed by atoms with Gasteiger partial charge in [-0.25, -0.2) is 0 Å². The van der Waals surface area contributed by atoms with Crippen LogP contribution in [0.15, 0.2) is 68.6 Å². The molecule has 20 heavy (non-hydrogen) atoms. The maximum Gasteiger partial charge on any atom is 0.168 e. The molecule has 1 N–H and O–H groups in total. The van der Waals surface area contributed by atoms with Gasteiger partial charge in [-0.3, -0.25) is 4.79 Å². The number of hydrogen-bond donors (Lipinski definition) is 1. The van der Waals surface area contributed by atoms with Gasteiger partial charge in [0.05, 0.1) is 17.7 Å². The molecule has 2 rings (SSSR count). The summed E-state index contributed by atoms with van der Waals surface area (Å²) in [7, 11) is 0. The van der Waals surface area contributed by atoms with Crippen LogP contribution < -0.4 is 5.32 Å². The third kappa shape index (κ3) is 4.03. The first-order valence-corrected chi connectivity index (χ1v) is 7.19. The van der Waals surface area contributed by atoms with Crippen molar-refractivity contribution in [1.29, 1.82) is 0 Å². The molecule has 0 saturated heterocycles. The molecule has 0 unspecified atom stereocenters. The third-order valence-electron chi connectivity index (χ3n) is 2.73. The largest absolute Gasteiger partial charge is 0.467 e. The van der Waals surface area contributed by atoms with Crippen LogP contribution >= 0.6 is 11.8 Å². The van der Waals surface area contributed by atoms with Gasteiger partial charge >= 0.3 is 0 Å². The maximum absolute atomic E-state index is 11.8. The molecule has 0 fully saturated rings. The van der Waals surface area contributed by atoms with Gasteiger partial charge in [-0.05, 0) is 38.1 Å². The van der Waals surface area contributed by atoms with E-state index in [9.17, 15) is 4.79 Å². The molecule has 0 aliphatic rings. The van der Waals surface area contributed by atoms with Crippen molar-refractivity contribution in [3.63, 3.8) is 0 Å². The second kappa shape index (κ2) is 7.01. The summed E-state index contributed by atoms with van der Waals surface area (Å²) in [6, 6.07) is 13.6. The van der Waals surface area contributed by atoms with E-state index in [0.717, 1.165) is 21.3 Å². The van der Waals surface area contributed by atoms with Crippen LogP contribution in [-0.4, -0.2) is 5.78 Å². The molecule has 0 spiro atoms. The lowest BCUT2D eigenvalue weighted by Gasteiger charge is -2.11. The first-order chi connectivity index (χ1) is 9.66. The molecule has 0 aliphatic heterocycles. The summed E-state index contributed by atoms with van der Waals surface area (Å²) < 4.78 is 5.27. The molecular weight excluding hydrogens is 270 g/mol. The smallest absolute Gasteiger partial charge is 0.168 e. The van der Waals surface area contributed by atoms with E-state index in [-0.39, 0.29) is 5.78 Å². The normalized spacial score (nSPS) is 11.9. The predicted molar refractivity (Wildman–Crippen MR) is 81.2 cm³/mol. The van der Waals surface area contributed by atoms with Gasteiger partial charge in [0.1, 0.15) is 5.76 Å². The van der Waals surface area contributed by atoms with Crippen molar-refractivity contribution in [2.24, 2.45) is 0 Å². The summed E-state index contributed by atoms with van der Waals surface area (Å²) in [6.07, 6.45) is 1.64. The summed E-state index contributed by atoms with van der Waals surface area (Å²) in [5.74, 6) is 0.903. The van der Waals surface area contributed by atoms with Gasteiger partial charge in [0.15, 0.2) is 5.78 Å². The Bertz CT molecular complexity index is 588. The Kier molecular flexibility index (Phi) is 5.07. The maximum atomic E-state index is 11.8. The molecule has 0 aliphatic carbocycles. The number of ketones is 1. The number of hydrogen-bond acceptors (Lipinski definition) is 4. The van der Waals surface area contributed by atoms with E-state index in [1.54, 1.807) is 13.2 Å². The highest BCUT2D eigenvalue weighted by atomic mass is 32.2. The third-order valence-corrected chi connectivity index (χ3v) is 4.04. The fraction of sp³-hybridized carbons (Fsp3) is 0.188. The first-order valence-electron chi connectivity index (χ1n) is 6.38. The minimum Gasteiger partial charge on any atom is -0.467 e. The Morgan fingerprint density at radius 1 is 1.15 bits per heavy atom. The summed E-state index contributed by atoms with van der Waals surface area (Å²) in [4.78, 5) is 13.6. The molecule has 0 radical (unpaired) electrons. The van der Waals surface area contributed by atoms with Gasteiger partial charge in [-0.15, -0.1) is 0 Å². The second-order valence-electron chi connectivity index (χ2n) is 4.36. The molecular formula is C16H17NO2S. The van der Waals surface area contributed by atoms with Crippen molar-refractivity contribution >= 4 is 17.5 Å². The van der Waals surface area contributed by atoms with Gasteiger partial charge in [0.2, 0.25) is 0 Å². The lowest BCUT2D eigenvalue weighted by molar-refractivity contribution is -0.113. The number of carbonyl (C=O) groups is 1. The fourth-order valence-electron chi connectivity index (χ4n) is 1.73. The fourth-order valence-corrected chi connectivity index (χ4v) is 2.63. The average molecular weight is 287 g/mol. The zero-order valence-corrected chi connectivity index (χ0v) is 12.4. The average Bonchev–Trinajstić information content (AvgIpc) is 2.96. The molecule has 1 aromatic heterocycles. The quantitative estimate of drug-likeness (QED) is 0.644. The summed E-state index contributed by atoms with van der Waals surface area (Å²) >= 11 is 1.48. The summed E-state index contributed by atoms with van der Waals surface area (Å²) in [5.41, 5.74) is 0.864. The van der Waals surface area contributed by atoms with E-state index < -0.39 is 0 Å². The van der Waals surface area contributed by atoms with Gasteiger partial charge < -0.3 is 9.73 Å². The number of carbonyl (C=O) groups excluding carboxylic acids is 1. The number of allylic oxidation sites excluding steroid dienone is 2. The van der Waals surface area contributed by atoms with Crippen LogP contribution in [0.3, 0.4) is 0 Å². The van der Waals surface area contributed by atoms with Crippen LogP contribution in [0.4, 0.5) is 0 Å². The Morgan fingerprint density at radius 2 is 1.90 bits per heavy atom. The molecule has 0 bridgehead atoms. The molecule has 0 saturated carbocycles. The van der Waals surface area contributed by atoms with Crippen LogP contribution in [0.5, 0.6) is 0 Å².